The van der Waals surface area contributed by atoms with Crippen LogP contribution in [-0.2, 0) is 4.74 Å². The van der Waals surface area contributed by atoms with Gasteiger partial charge in [-0.15, -0.1) is 0 Å². The Labute approximate surface area is 76.0 Å². The van der Waals surface area contributed by atoms with Crippen molar-refractivity contribution in [1.82, 2.24) is 5.32 Å². The molecule has 0 aromatic heterocycles. The van der Waals surface area contributed by atoms with Crippen LogP contribution in [0, 0.1) is 5.41 Å². The van der Waals surface area contributed by atoms with E-state index in [-0.39, 0.29) is 5.41 Å². The number of hydrogen-bond donors (Lipinski definition) is 1. The SMILES string of the molecule is CC=CCOCC(C)(C)CNC. The van der Waals surface area contributed by atoms with Gasteiger partial charge in [0.05, 0.1) is 13.2 Å². The Morgan fingerprint density at radius 2 is 2.08 bits per heavy atom. The lowest BCUT2D eigenvalue weighted by atomic mass is 9.95. The molecule has 0 amide bonds. The van der Waals surface area contributed by atoms with Crippen LogP contribution in [0.15, 0.2) is 12.2 Å². The molecule has 0 fully saturated rings. The standard InChI is InChI=1S/C10H21NO/c1-5-6-7-12-9-10(2,3)8-11-4/h5-6,11H,7-9H2,1-4H3. The Kier molecular flexibility index (Phi) is 6.03. The molecule has 0 spiro atoms. The average Bonchev–Trinajstić information content (AvgIpc) is 1.98. The first-order valence-corrected chi connectivity index (χ1v) is 4.46. The van der Waals surface area contributed by atoms with Crippen molar-refractivity contribution in [3.63, 3.8) is 0 Å². The van der Waals surface area contributed by atoms with Crippen LogP contribution in [0.2, 0.25) is 0 Å². The summed E-state index contributed by atoms with van der Waals surface area (Å²) in [6.45, 7) is 8.91. The van der Waals surface area contributed by atoms with Crippen molar-refractivity contribution in [2.45, 2.75) is 20.8 Å². The first-order valence-electron chi connectivity index (χ1n) is 4.46. The minimum absolute atomic E-state index is 0.232. The van der Waals surface area contributed by atoms with Gasteiger partial charge in [0.1, 0.15) is 0 Å². The summed E-state index contributed by atoms with van der Waals surface area (Å²) in [5.41, 5.74) is 0.232. The van der Waals surface area contributed by atoms with E-state index in [1.807, 2.05) is 26.1 Å². The normalized spacial score (nSPS) is 12.7. The Bertz CT molecular complexity index is 130. The molecule has 0 bridgehead atoms. The van der Waals surface area contributed by atoms with Crippen molar-refractivity contribution in [2.24, 2.45) is 5.41 Å². The van der Waals surface area contributed by atoms with E-state index in [2.05, 4.69) is 19.2 Å². The zero-order valence-corrected chi connectivity index (χ0v) is 8.68. The largest absolute Gasteiger partial charge is 0.377 e. The van der Waals surface area contributed by atoms with Gasteiger partial charge in [-0.3, -0.25) is 0 Å². The van der Waals surface area contributed by atoms with Gasteiger partial charge in [-0.05, 0) is 14.0 Å². The van der Waals surface area contributed by atoms with Crippen LogP contribution in [0.3, 0.4) is 0 Å². The third-order valence-corrected chi connectivity index (χ3v) is 1.60. The summed E-state index contributed by atoms with van der Waals surface area (Å²) in [6, 6.07) is 0. The maximum Gasteiger partial charge on any atom is 0.0647 e. The van der Waals surface area contributed by atoms with E-state index in [9.17, 15) is 0 Å². The zero-order valence-electron chi connectivity index (χ0n) is 8.68. The second-order valence-corrected chi connectivity index (χ2v) is 3.78. The lowest BCUT2D eigenvalue weighted by molar-refractivity contribution is 0.0814. The van der Waals surface area contributed by atoms with Gasteiger partial charge in [0.25, 0.3) is 0 Å². The molecular formula is C10H21NO. The van der Waals surface area contributed by atoms with Crippen molar-refractivity contribution in [3.8, 4) is 0 Å². The molecule has 2 nitrogen and oxygen atoms in total. The number of rotatable bonds is 6. The van der Waals surface area contributed by atoms with Crippen molar-refractivity contribution in [1.29, 1.82) is 0 Å². The maximum atomic E-state index is 5.46. The molecule has 0 rings (SSSR count). The second-order valence-electron chi connectivity index (χ2n) is 3.78. The summed E-state index contributed by atoms with van der Waals surface area (Å²) in [7, 11) is 1.97. The van der Waals surface area contributed by atoms with E-state index >= 15 is 0 Å². The first-order chi connectivity index (χ1) is 5.62. The lowest BCUT2D eigenvalue weighted by Crippen LogP contribution is -2.31. The maximum absolute atomic E-state index is 5.46. The zero-order chi connectivity index (χ0) is 9.45. The number of allylic oxidation sites excluding steroid dienone is 1. The lowest BCUT2D eigenvalue weighted by Gasteiger charge is -2.23. The summed E-state index contributed by atoms with van der Waals surface area (Å²) in [4.78, 5) is 0. The molecule has 0 saturated heterocycles. The average molecular weight is 171 g/mol. The topological polar surface area (TPSA) is 21.3 Å². The quantitative estimate of drug-likeness (QED) is 0.486. The molecule has 2 heteroatoms. The molecule has 0 radical (unpaired) electrons. The second kappa shape index (κ2) is 6.21. The molecule has 0 aromatic rings. The smallest absolute Gasteiger partial charge is 0.0647 e. The Hall–Kier alpha value is -0.340. The fourth-order valence-electron chi connectivity index (χ4n) is 1.03. The summed E-state index contributed by atoms with van der Waals surface area (Å²) in [5.74, 6) is 0. The van der Waals surface area contributed by atoms with Crippen molar-refractivity contribution >= 4 is 0 Å². The number of ether oxygens (including phenoxy) is 1. The monoisotopic (exact) mass is 171 g/mol. The molecule has 0 aliphatic carbocycles. The van der Waals surface area contributed by atoms with E-state index in [4.69, 9.17) is 4.74 Å². The minimum Gasteiger partial charge on any atom is -0.377 e. The third-order valence-electron chi connectivity index (χ3n) is 1.60. The molecule has 0 atom stereocenters. The molecule has 0 heterocycles. The highest BCUT2D eigenvalue weighted by Gasteiger charge is 2.15. The van der Waals surface area contributed by atoms with Crippen LogP contribution >= 0.6 is 0 Å². The Balaban J connectivity index is 3.46. The van der Waals surface area contributed by atoms with E-state index in [1.54, 1.807) is 0 Å². The summed E-state index contributed by atoms with van der Waals surface area (Å²) in [6.07, 6.45) is 4.03. The molecule has 12 heavy (non-hydrogen) atoms. The van der Waals surface area contributed by atoms with E-state index < -0.39 is 0 Å². The van der Waals surface area contributed by atoms with Gasteiger partial charge in [-0.2, -0.15) is 0 Å². The van der Waals surface area contributed by atoms with Gasteiger partial charge in [0, 0.05) is 12.0 Å². The van der Waals surface area contributed by atoms with Crippen LogP contribution < -0.4 is 5.32 Å². The van der Waals surface area contributed by atoms with Gasteiger partial charge in [-0.25, -0.2) is 0 Å². The molecule has 0 aliphatic rings. The third kappa shape index (κ3) is 6.38. The van der Waals surface area contributed by atoms with E-state index in [1.165, 1.54) is 0 Å². The van der Waals surface area contributed by atoms with E-state index in [0.29, 0.717) is 0 Å². The van der Waals surface area contributed by atoms with Crippen molar-refractivity contribution in [2.75, 3.05) is 26.8 Å². The fraction of sp³-hybridized carbons (Fsp3) is 0.800. The fourth-order valence-corrected chi connectivity index (χ4v) is 1.03. The highest BCUT2D eigenvalue weighted by molar-refractivity contribution is 4.77. The van der Waals surface area contributed by atoms with Crippen LogP contribution in [-0.4, -0.2) is 26.8 Å². The van der Waals surface area contributed by atoms with Crippen LogP contribution in [0.4, 0.5) is 0 Å². The highest BCUT2D eigenvalue weighted by atomic mass is 16.5. The van der Waals surface area contributed by atoms with Crippen molar-refractivity contribution < 1.29 is 4.74 Å². The Morgan fingerprint density at radius 1 is 1.42 bits per heavy atom. The van der Waals surface area contributed by atoms with Crippen LogP contribution in [0.5, 0.6) is 0 Å². The van der Waals surface area contributed by atoms with Crippen LogP contribution in [0.1, 0.15) is 20.8 Å². The molecule has 0 unspecified atom stereocenters. The number of hydrogen-bond acceptors (Lipinski definition) is 2. The van der Waals surface area contributed by atoms with Gasteiger partial charge < -0.3 is 10.1 Å². The molecule has 1 N–H and O–H groups in total. The summed E-state index contributed by atoms with van der Waals surface area (Å²) in [5, 5.41) is 3.15. The summed E-state index contributed by atoms with van der Waals surface area (Å²) >= 11 is 0. The molecular weight excluding hydrogens is 150 g/mol. The van der Waals surface area contributed by atoms with Gasteiger partial charge in [0.15, 0.2) is 0 Å². The van der Waals surface area contributed by atoms with Gasteiger partial charge in [0.2, 0.25) is 0 Å². The minimum atomic E-state index is 0.232. The van der Waals surface area contributed by atoms with Crippen molar-refractivity contribution in [3.05, 3.63) is 12.2 Å². The highest BCUT2D eigenvalue weighted by Crippen LogP contribution is 2.13. The predicted octanol–water partition coefficient (Wildman–Crippen LogP) is 1.82. The molecule has 0 aromatic carbocycles. The molecule has 0 saturated carbocycles. The number of nitrogens with one attached hydrogen (secondary N) is 1. The molecule has 0 aliphatic heterocycles. The first kappa shape index (κ1) is 11.7. The van der Waals surface area contributed by atoms with Gasteiger partial charge >= 0.3 is 0 Å². The predicted molar refractivity (Wildman–Crippen MR) is 53.3 cm³/mol. The summed E-state index contributed by atoms with van der Waals surface area (Å²) < 4.78 is 5.46. The Morgan fingerprint density at radius 3 is 2.58 bits per heavy atom. The molecule has 72 valence electrons. The van der Waals surface area contributed by atoms with Gasteiger partial charge in [-0.1, -0.05) is 26.0 Å². The van der Waals surface area contributed by atoms with E-state index in [0.717, 1.165) is 19.8 Å². The van der Waals surface area contributed by atoms with Crippen LogP contribution in [0.25, 0.3) is 0 Å².